The van der Waals surface area contributed by atoms with Gasteiger partial charge in [0.1, 0.15) is 5.82 Å². The molecule has 0 aromatic heterocycles. The Morgan fingerprint density at radius 3 is 2.70 bits per heavy atom. The summed E-state index contributed by atoms with van der Waals surface area (Å²) in [6.45, 7) is 1.84. The largest absolute Gasteiger partial charge is 0.206 e. The van der Waals surface area contributed by atoms with Crippen LogP contribution in [-0.4, -0.2) is 0 Å². The van der Waals surface area contributed by atoms with Crippen molar-refractivity contribution in [3.63, 3.8) is 0 Å². The molecule has 1 aromatic carbocycles. The van der Waals surface area contributed by atoms with Crippen molar-refractivity contribution < 1.29 is 4.39 Å². The molecule has 3 heteroatoms. The maximum absolute atomic E-state index is 12.7. The van der Waals surface area contributed by atoms with E-state index in [-0.39, 0.29) is 5.82 Å². The number of halogens is 2. The molecule has 0 saturated carbocycles. The Balaban J connectivity index is 3.07. The van der Waals surface area contributed by atoms with Crippen molar-refractivity contribution in [3.05, 3.63) is 29.6 Å². The van der Waals surface area contributed by atoms with Crippen LogP contribution in [0, 0.1) is 12.7 Å². The first-order chi connectivity index (χ1) is 4.74. The van der Waals surface area contributed by atoms with Crippen LogP contribution in [0.1, 0.15) is 5.56 Å². The zero-order chi connectivity index (χ0) is 7.56. The second kappa shape index (κ2) is 3.26. The Morgan fingerprint density at radius 1 is 1.50 bits per heavy atom. The summed E-state index contributed by atoms with van der Waals surface area (Å²) in [4.78, 5) is 0.479. The fourth-order valence-corrected chi connectivity index (χ4v) is 1.30. The molecule has 0 fully saturated rings. The monoisotopic (exact) mass is 176 g/mol. The smallest absolute Gasteiger partial charge is 0.138 e. The van der Waals surface area contributed by atoms with Crippen molar-refractivity contribution in [3.8, 4) is 0 Å². The fraction of sp³-hybridized carbons (Fsp3) is 0.143. The van der Waals surface area contributed by atoms with Crippen molar-refractivity contribution in [1.29, 1.82) is 0 Å². The van der Waals surface area contributed by atoms with Gasteiger partial charge in [-0.15, -0.1) is 0 Å². The van der Waals surface area contributed by atoms with E-state index >= 15 is 0 Å². The van der Waals surface area contributed by atoms with Crippen LogP contribution in [0.4, 0.5) is 4.39 Å². The lowest BCUT2D eigenvalue weighted by Crippen LogP contribution is -1.79. The van der Waals surface area contributed by atoms with E-state index in [2.05, 4.69) is 0 Å². The van der Waals surface area contributed by atoms with Crippen molar-refractivity contribution in [2.24, 2.45) is 0 Å². The van der Waals surface area contributed by atoms with Gasteiger partial charge in [0.25, 0.3) is 0 Å². The molecule has 0 heterocycles. The standard InChI is InChI=1S/C7H6ClFS/c1-5-2-3-7(10-8)6(9)4-5/h2-4H,1H3. The van der Waals surface area contributed by atoms with Gasteiger partial charge in [0.2, 0.25) is 0 Å². The lowest BCUT2D eigenvalue weighted by molar-refractivity contribution is 0.601. The van der Waals surface area contributed by atoms with Crippen LogP contribution in [0.5, 0.6) is 0 Å². The Morgan fingerprint density at radius 2 is 2.20 bits per heavy atom. The van der Waals surface area contributed by atoms with Crippen LogP contribution in [-0.2, 0) is 0 Å². The third kappa shape index (κ3) is 1.64. The molecule has 0 nitrogen and oxygen atoms in total. The molecule has 0 aliphatic heterocycles. The van der Waals surface area contributed by atoms with Gasteiger partial charge in [0, 0.05) is 0 Å². The van der Waals surface area contributed by atoms with E-state index in [0.717, 1.165) is 16.5 Å². The molecule has 0 amide bonds. The fourth-order valence-electron chi connectivity index (χ4n) is 0.668. The molecule has 54 valence electrons. The van der Waals surface area contributed by atoms with Crippen LogP contribution in [0.25, 0.3) is 0 Å². The summed E-state index contributed by atoms with van der Waals surface area (Å²) in [6, 6.07) is 4.96. The Kier molecular flexibility index (Phi) is 2.57. The third-order valence-electron chi connectivity index (χ3n) is 1.17. The summed E-state index contributed by atoms with van der Waals surface area (Å²) in [6.07, 6.45) is 0. The van der Waals surface area contributed by atoms with E-state index < -0.39 is 0 Å². The average Bonchev–Trinajstić information content (AvgIpc) is 1.88. The zero-order valence-electron chi connectivity index (χ0n) is 5.40. The third-order valence-corrected chi connectivity index (χ3v) is 2.17. The highest BCUT2D eigenvalue weighted by atomic mass is 35.7. The van der Waals surface area contributed by atoms with E-state index in [9.17, 15) is 4.39 Å². The topological polar surface area (TPSA) is 0 Å². The molecule has 0 N–H and O–H groups in total. The van der Waals surface area contributed by atoms with E-state index in [4.69, 9.17) is 10.7 Å². The predicted molar refractivity (Wildman–Crippen MR) is 42.8 cm³/mol. The van der Waals surface area contributed by atoms with Crippen molar-refractivity contribution in [2.75, 3.05) is 0 Å². The summed E-state index contributed by atoms with van der Waals surface area (Å²) in [7, 11) is 6.26. The lowest BCUT2D eigenvalue weighted by Gasteiger charge is -1.96. The average molecular weight is 177 g/mol. The summed E-state index contributed by atoms with van der Waals surface area (Å²) >= 11 is 0. The normalized spacial score (nSPS) is 9.90. The van der Waals surface area contributed by atoms with Crippen LogP contribution in [0.2, 0.25) is 0 Å². The molecule has 10 heavy (non-hydrogen) atoms. The molecular weight excluding hydrogens is 171 g/mol. The van der Waals surface area contributed by atoms with Gasteiger partial charge in [0.15, 0.2) is 0 Å². The predicted octanol–water partition coefficient (Wildman–Crippen LogP) is 3.38. The van der Waals surface area contributed by atoms with Crippen molar-refractivity contribution in [1.82, 2.24) is 0 Å². The number of aryl methyl sites for hydroxylation is 1. The van der Waals surface area contributed by atoms with Crippen LogP contribution >= 0.6 is 21.7 Å². The van der Waals surface area contributed by atoms with Gasteiger partial charge in [-0.3, -0.25) is 0 Å². The van der Waals surface area contributed by atoms with Gasteiger partial charge in [-0.1, -0.05) is 6.07 Å². The Labute approximate surface area is 67.9 Å². The summed E-state index contributed by atoms with van der Waals surface area (Å²) in [5.74, 6) is -0.250. The molecule has 0 radical (unpaired) electrons. The van der Waals surface area contributed by atoms with E-state index in [1.807, 2.05) is 13.0 Å². The molecule has 0 saturated heterocycles. The van der Waals surface area contributed by atoms with Crippen LogP contribution < -0.4 is 0 Å². The Bertz CT molecular complexity index is 237. The second-order valence-corrected chi connectivity index (χ2v) is 3.07. The van der Waals surface area contributed by atoms with Gasteiger partial charge in [0.05, 0.1) is 4.90 Å². The van der Waals surface area contributed by atoms with E-state index in [1.54, 1.807) is 6.07 Å². The molecule has 1 aromatic rings. The minimum absolute atomic E-state index is 0.250. The first kappa shape index (κ1) is 7.89. The van der Waals surface area contributed by atoms with E-state index in [1.165, 1.54) is 6.07 Å². The Hall–Kier alpha value is -0.210. The minimum Gasteiger partial charge on any atom is -0.206 e. The molecule has 0 aliphatic carbocycles. The SMILES string of the molecule is Cc1ccc(SCl)c(F)c1. The number of hydrogen-bond donors (Lipinski definition) is 0. The maximum Gasteiger partial charge on any atom is 0.138 e. The number of hydrogen-bond acceptors (Lipinski definition) is 1. The molecule has 1 rings (SSSR count). The van der Waals surface area contributed by atoms with Crippen LogP contribution in [0.3, 0.4) is 0 Å². The number of benzene rings is 1. The molecule has 0 unspecified atom stereocenters. The van der Waals surface area contributed by atoms with Crippen molar-refractivity contribution in [2.45, 2.75) is 11.8 Å². The first-order valence-corrected chi connectivity index (χ1v) is 4.43. The molecule has 0 bridgehead atoms. The highest BCUT2D eigenvalue weighted by Crippen LogP contribution is 2.25. The first-order valence-electron chi connectivity index (χ1n) is 2.79. The van der Waals surface area contributed by atoms with Crippen LogP contribution in [0.15, 0.2) is 23.1 Å². The maximum atomic E-state index is 12.7. The number of rotatable bonds is 1. The summed E-state index contributed by atoms with van der Waals surface area (Å²) < 4.78 is 12.7. The molecule has 0 spiro atoms. The highest BCUT2D eigenvalue weighted by Gasteiger charge is 1.99. The zero-order valence-corrected chi connectivity index (χ0v) is 6.97. The molecule has 0 atom stereocenters. The van der Waals surface area contributed by atoms with E-state index in [0.29, 0.717) is 4.90 Å². The minimum atomic E-state index is -0.250. The highest BCUT2D eigenvalue weighted by molar-refractivity contribution is 8.21. The summed E-state index contributed by atoms with van der Waals surface area (Å²) in [5.41, 5.74) is 0.909. The summed E-state index contributed by atoms with van der Waals surface area (Å²) in [5, 5.41) is 0. The van der Waals surface area contributed by atoms with Gasteiger partial charge in [-0.2, -0.15) is 0 Å². The molecule has 0 aliphatic rings. The van der Waals surface area contributed by atoms with Gasteiger partial charge >= 0.3 is 0 Å². The lowest BCUT2D eigenvalue weighted by atomic mass is 10.2. The van der Waals surface area contributed by atoms with Crippen molar-refractivity contribution >= 4 is 21.7 Å². The quantitative estimate of drug-likeness (QED) is 0.632. The second-order valence-electron chi connectivity index (χ2n) is 2.01. The van der Waals surface area contributed by atoms with Gasteiger partial charge < -0.3 is 0 Å². The van der Waals surface area contributed by atoms with Gasteiger partial charge in [-0.25, -0.2) is 4.39 Å². The van der Waals surface area contributed by atoms with Gasteiger partial charge in [-0.05, 0) is 46.3 Å². The molecular formula is C7H6ClFS.